The van der Waals surface area contributed by atoms with E-state index in [0.29, 0.717) is 10.0 Å². The van der Waals surface area contributed by atoms with Crippen LogP contribution in [0.5, 0.6) is 0 Å². The van der Waals surface area contributed by atoms with Gasteiger partial charge in [0.05, 0.1) is 16.2 Å². The van der Waals surface area contributed by atoms with Crippen LogP contribution >= 0.6 is 15.9 Å². The highest BCUT2D eigenvalue weighted by molar-refractivity contribution is 9.10. The number of rotatable bonds is 3. The van der Waals surface area contributed by atoms with Gasteiger partial charge in [0, 0.05) is 6.42 Å². The third kappa shape index (κ3) is 3.26. The lowest BCUT2D eigenvalue weighted by atomic mass is 9.95. The molecule has 0 aliphatic carbocycles. The predicted molar refractivity (Wildman–Crippen MR) is 60.1 cm³/mol. The fraction of sp³-hybridized carbons (Fsp3) is 0.455. The maximum Gasteiger partial charge on any atom is 0.137 e. The zero-order valence-electron chi connectivity index (χ0n) is 8.67. The Bertz CT molecular complexity index is 347. The minimum Gasteiger partial charge on any atom is -0.390 e. The highest BCUT2D eigenvalue weighted by Gasteiger charge is 2.25. The van der Waals surface area contributed by atoms with Gasteiger partial charge in [-0.2, -0.15) is 0 Å². The lowest BCUT2D eigenvalue weighted by Crippen LogP contribution is -2.37. The molecule has 0 aliphatic heterocycles. The second kappa shape index (κ2) is 4.60. The van der Waals surface area contributed by atoms with Crippen LogP contribution < -0.4 is 0 Å². The van der Waals surface area contributed by atoms with Crippen molar-refractivity contribution in [1.29, 1.82) is 0 Å². The summed E-state index contributed by atoms with van der Waals surface area (Å²) in [5.41, 5.74) is -0.546. The summed E-state index contributed by atoms with van der Waals surface area (Å²) < 4.78 is 13.5. The maximum absolute atomic E-state index is 13.1. The minimum atomic E-state index is -1.19. The first-order valence-electron chi connectivity index (χ1n) is 4.65. The first-order chi connectivity index (χ1) is 6.82. The van der Waals surface area contributed by atoms with E-state index in [1.165, 1.54) is 19.9 Å². The highest BCUT2D eigenvalue weighted by Crippen LogP contribution is 2.23. The van der Waals surface area contributed by atoms with Crippen LogP contribution in [0.2, 0.25) is 0 Å². The smallest absolute Gasteiger partial charge is 0.137 e. The summed E-state index contributed by atoms with van der Waals surface area (Å²) in [5, 5.41) is 19.2. The van der Waals surface area contributed by atoms with E-state index < -0.39 is 11.7 Å². The van der Waals surface area contributed by atoms with Crippen LogP contribution in [0.4, 0.5) is 4.39 Å². The molecule has 2 nitrogen and oxygen atoms in total. The van der Waals surface area contributed by atoms with Gasteiger partial charge in [0.1, 0.15) is 5.82 Å². The van der Waals surface area contributed by atoms with Crippen LogP contribution in [0.1, 0.15) is 19.4 Å². The van der Waals surface area contributed by atoms with Crippen LogP contribution in [-0.2, 0) is 6.42 Å². The summed E-state index contributed by atoms with van der Waals surface area (Å²) in [7, 11) is 0. The first-order valence-corrected chi connectivity index (χ1v) is 5.45. The van der Waals surface area contributed by atoms with Crippen LogP contribution in [0.3, 0.4) is 0 Å². The van der Waals surface area contributed by atoms with E-state index in [0.717, 1.165) is 0 Å². The molecule has 0 amide bonds. The largest absolute Gasteiger partial charge is 0.390 e. The second-order valence-electron chi connectivity index (χ2n) is 4.09. The second-order valence-corrected chi connectivity index (χ2v) is 4.88. The number of hydrogen-bond donors (Lipinski definition) is 2. The summed E-state index contributed by atoms with van der Waals surface area (Å²) in [5.74, 6) is -0.365. The van der Waals surface area contributed by atoms with Crippen molar-refractivity contribution in [3.8, 4) is 0 Å². The standard InChI is InChI=1S/C11H14BrFO2/c1-11(2,15)9(14)6-7-4-3-5-8(13)10(7)12/h3-5,9,14-15H,6H2,1-2H3. The topological polar surface area (TPSA) is 40.5 Å². The van der Waals surface area contributed by atoms with Crippen molar-refractivity contribution in [3.05, 3.63) is 34.1 Å². The van der Waals surface area contributed by atoms with Gasteiger partial charge in [-0.05, 0) is 41.4 Å². The van der Waals surface area contributed by atoms with Gasteiger partial charge in [-0.3, -0.25) is 0 Å². The van der Waals surface area contributed by atoms with Crippen LogP contribution in [-0.4, -0.2) is 21.9 Å². The Kier molecular flexibility index (Phi) is 3.87. The molecule has 0 heterocycles. The highest BCUT2D eigenvalue weighted by atomic mass is 79.9. The molecule has 4 heteroatoms. The lowest BCUT2D eigenvalue weighted by Gasteiger charge is -2.24. The zero-order valence-corrected chi connectivity index (χ0v) is 10.3. The third-order valence-corrected chi connectivity index (χ3v) is 3.15. The molecule has 84 valence electrons. The SMILES string of the molecule is CC(C)(O)C(O)Cc1cccc(F)c1Br. The zero-order chi connectivity index (χ0) is 11.6. The van der Waals surface area contributed by atoms with Crippen molar-refractivity contribution >= 4 is 15.9 Å². The van der Waals surface area contributed by atoms with Crippen molar-refractivity contribution in [2.24, 2.45) is 0 Å². The summed E-state index contributed by atoms with van der Waals surface area (Å²) in [6.07, 6.45) is -0.711. The fourth-order valence-corrected chi connectivity index (χ4v) is 1.59. The molecular formula is C11H14BrFO2. The van der Waals surface area contributed by atoms with E-state index in [9.17, 15) is 14.6 Å². The molecule has 15 heavy (non-hydrogen) atoms. The average Bonchev–Trinajstić information content (AvgIpc) is 2.11. The molecule has 1 aromatic rings. The van der Waals surface area contributed by atoms with E-state index in [2.05, 4.69) is 15.9 Å². The van der Waals surface area contributed by atoms with Crippen molar-refractivity contribution in [1.82, 2.24) is 0 Å². The van der Waals surface area contributed by atoms with Gasteiger partial charge < -0.3 is 10.2 Å². The van der Waals surface area contributed by atoms with Crippen molar-refractivity contribution in [2.75, 3.05) is 0 Å². The summed E-state index contributed by atoms with van der Waals surface area (Å²) >= 11 is 3.11. The van der Waals surface area contributed by atoms with Gasteiger partial charge in [-0.25, -0.2) is 4.39 Å². The number of aliphatic hydroxyl groups excluding tert-OH is 1. The van der Waals surface area contributed by atoms with Gasteiger partial charge >= 0.3 is 0 Å². The van der Waals surface area contributed by atoms with Crippen LogP contribution in [0, 0.1) is 5.82 Å². The molecule has 0 aliphatic rings. The quantitative estimate of drug-likeness (QED) is 0.889. The Labute approximate surface area is 96.9 Å². The van der Waals surface area contributed by atoms with Crippen LogP contribution in [0.25, 0.3) is 0 Å². The molecule has 1 atom stereocenters. The summed E-state index contributed by atoms with van der Waals surface area (Å²) in [6.45, 7) is 3.04. The van der Waals surface area contributed by atoms with E-state index in [1.807, 2.05) is 0 Å². The third-order valence-electron chi connectivity index (χ3n) is 2.26. The molecule has 0 fully saturated rings. The number of halogens is 2. The molecule has 2 N–H and O–H groups in total. The number of benzene rings is 1. The summed E-state index contributed by atoms with van der Waals surface area (Å²) in [6, 6.07) is 4.62. The summed E-state index contributed by atoms with van der Waals surface area (Å²) in [4.78, 5) is 0. The van der Waals surface area contributed by atoms with E-state index in [4.69, 9.17) is 0 Å². The Morgan fingerprint density at radius 1 is 1.47 bits per heavy atom. The maximum atomic E-state index is 13.1. The molecular weight excluding hydrogens is 263 g/mol. The Morgan fingerprint density at radius 2 is 2.07 bits per heavy atom. The molecule has 1 aromatic carbocycles. The van der Waals surface area contributed by atoms with Crippen molar-refractivity contribution < 1.29 is 14.6 Å². The van der Waals surface area contributed by atoms with E-state index in [1.54, 1.807) is 12.1 Å². The van der Waals surface area contributed by atoms with Crippen molar-refractivity contribution in [3.63, 3.8) is 0 Å². The fourth-order valence-electron chi connectivity index (χ4n) is 1.16. The molecule has 0 aromatic heterocycles. The Balaban J connectivity index is 2.86. The monoisotopic (exact) mass is 276 g/mol. The Hall–Kier alpha value is -0.450. The molecule has 0 bridgehead atoms. The van der Waals surface area contributed by atoms with Crippen molar-refractivity contribution in [2.45, 2.75) is 32.0 Å². The molecule has 0 radical (unpaired) electrons. The van der Waals surface area contributed by atoms with Gasteiger partial charge in [0.15, 0.2) is 0 Å². The minimum absolute atomic E-state index is 0.210. The number of hydrogen-bond acceptors (Lipinski definition) is 2. The molecule has 0 saturated carbocycles. The molecule has 0 spiro atoms. The van der Waals surface area contributed by atoms with E-state index in [-0.39, 0.29) is 12.2 Å². The lowest BCUT2D eigenvalue weighted by molar-refractivity contribution is -0.0470. The van der Waals surface area contributed by atoms with Gasteiger partial charge in [0.2, 0.25) is 0 Å². The van der Waals surface area contributed by atoms with E-state index >= 15 is 0 Å². The molecule has 1 rings (SSSR count). The Morgan fingerprint density at radius 3 is 2.60 bits per heavy atom. The van der Waals surface area contributed by atoms with Gasteiger partial charge in [-0.1, -0.05) is 12.1 Å². The first kappa shape index (κ1) is 12.6. The van der Waals surface area contributed by atoms with Gasteiger partial charge in [-0.15, -0.1) is 0 Å². The number of aliphatic hydroxyl groups is 2. The molecule has 1 unspecified atom stereocenters. The molecule has 0 saturated heterocycles. The van der Waals surface area contributed by atoms with Gasteiger partial charge in [0.25, 0.3) is 0 Å². The average molecular weight is 277 g/mol. The van der Waals surface area contributed by atoms with Crippen LogP contribution in [0.15, 0.2) is 22.7 Å². The normalized spacial score (nSPS) is 14.0. The predicted octanol–water partition coefficient (Wildman–Crippen LogP) is 2.26.